The van der Waals surface area contributed by atoms with Crippen LogP contribution in [-0.2, 0) is 13.5 Å². The molecule has 112 valence electrons. The van der Waals surface area contributed by atoms with Gasteiger partial charge in [-0.2, -0.15) is 5.10 Å². The second kappa shape index (κ2) is 6.26. The fourth-order valence-electron chi connectivity index (χ4n) is 2.71. The zero-order valence-electron chi connectivity index (χ0n) is 12.6. The molecule has 1 aliphatic rings. The van der Waals surface area contributed by atoms with Gasteiger partial charge >= 0.3 is 0 Å². The summed E-state index contributed by atoms with van der Waals surface area (Å²) in [6, 6.07) is 0. The lowest BCUT2D eigenvalue weighted by Crippen LogP contribution is -2.37. The average Bonchev–Trinajstić information content (AvgIpc) is 2.72. The third kappa shape index (κ3) is 3.12. The van der Waals surface area contributed by atoms with Crippen molar-refractivity contribution >= 4 is 11.6 Å². The normalized spacial score (nSPS) is 17.4. The van der Waals surface area contributed by atoms with E-state index in [4.69, 9.17) is 5.73 Å². The number of carbonyl (C=O) groups is 1. The first-order valence-corrected chi connectivity index (χ1v) is 7.31. The van der Waals surface area contributed by atoms with Gasteiger partial charge in [0.15, 0.2) is 0 Å². The number of nitrogens with one attached hydrogen (secondary N) is 1. The molecule has 2 heterocycles. The van der Waals surface area contributed by atoms with Gasteiger partial charge in [-0.3, -0.25) is 9.48 Å². The maximum Gasteiger partial charge on any atom is 0.271 e. The molecule has 0 spiro atoms. The van der Waals surface area contributed by atoms with Gasteiger partial charge in [-0.05, 0) is 45.3 Å². The van der Waals surface area contributed by atoms with Crippen molar-refractivity contribution < 1.29 is 4.79 Å². The van der Waals surface area contributed by atoms with Crippen molar-refractivity contribution in [2.45, 2.75) is 26.2 Å². The Bertz CT molecular complexity index is 474. The number of rotatable bonds is 4. The van der Waals surface area contributed by atoms with E-state index in [-0.39, 0.29) is 5.91 Å². The SMILES string of the molecule is CCc1nn(C)c(C(=O)NCC2CCN(C)CC2)c1N. The first-order chi connectivity index (χ1) is 9.52. The van der Waals surface area contributed by atoms with Gasteiger partial charge in [0, 0.05) is 13.6 Å². The summed E-state index contributed by atoms with van der Waals surface area (Å²) in [6.45, 7) is 4.92. The molecule has 0 saturated carbocycles. The number of nitrogen functional groups attached to an aromatic ring is 1. The number of anilines is 1. The number of carbonyl (C=O) groups excluding carboxylic acids is 1. The minimum atomic E-state index is -0.115. The number of nitrogens with zero attached hydrogens (tertiary/aromatic N) is 3. The molecule has 1 aromatic rings. The molecule has 20 heavy (non-hydrogen) atoms. The van der Waals surface area contributed by atoms with Gasteiger partial charge in [0.05, 0.1) is 11.4 Å². The highest BCUT2D eigenvalue weighted by atomic mass is 16.2. The summed E-state index contributed by atoms with van der Waals surface area (Å²) in [7, 11) is 3.90. The molecular weight excluding hydrogens is 254 g/mol. The van der Waals surface area contributed by atoms with Crippen molar-refractivity contribution in [1.29, 1.82) is 0 Å². The molecule has 1 amide bonds. The Morgan fingerprint density at radius 2 is 2.05 bits per heavy atom. The number of nitrogens with two attached hydrogens (primary N) is 1. The number of piperidine rings is 1. The van der Waals surface area contributed by atoms with Crippen LogP contribution < -0.4 is 11.1 Å². The molecular formula is C14H25N5O. The number of aryl methyl sites for hydroxylation is 2. The first-order valence-electron chi connectivity index (χ1n) is 7.31. The largest absolute Gasteiger partial charge is 0.395 e. The van der Waals surface area contributed by atoms with Crippen LogP contribution >= 0.6 is 0 Å². The Labute approximate surface area is 120 Å². The van der Waals surface area contributed by atoms with Gasteiger partial charge < -0.3 is 16.0 Å². The van der Waals surface area contributed by atoms with Crippen LogP contribution in [0.15, 0.2) is 0 Å². The van der Waals surface area contributed by atoms with Crippen molar-refractivity contribution in [1.82, 2.24) is 20.0 Å². The van der Waals surface area contributed by atoms with Crippen LogP contribution in [0.3, 0.4) is 0 Å². The van der Waals surface area contributed by atoms with Crippen LogP contribution in [0.1, 0.15) is 35.9 Å². The maximum absolute atomic E-state index is 12.3. The zero-order chi connectivity index (χ0) is 14.7. The summed E-state index contributed by atoms with van der Waals surface area (Å²) in [4.78, 5) is 14.6. The van der Waals surface area contributed by atoms with Gasteiger partial charge in [0.1, 0.15) is 5.69 Å². The monoisotopic (exact) mass is 279 g/mol. The van der Waals surface area contributed by atoms with Gasteiger partial charge in [-0.15, -0.1) is 0 Å². The molecule has 0 unspecified atom stereocenters. The van der Waals surface area contributed by atoms with Gasteiger partial charge in [-0.1, -0.05) is 6.92 Å². The van der Waals surface area contributed by atoms with E-state index < -0.39 is 0 Å². The fraction of sp³-hybridized carbons (Fsp3) is 0.714. The molecule has 6 heteroatoms. The number of likely N-dealkylation sites (tertiary alicyclic amines) is 1. The number of hydrogen-bond acceptors (Lipinski definition) is 4. The highest BCUT2D eigenvalue weighted by Gasteiger charge is 2.21. The molecule has 1 aromatic heterocycles. The summed E-state index contributed by atoms with van der Waals surface area (Å²) >= 11 is 0. The molecule has 0 aliphatic carbocycles. The molecule has 1 fully saturated rings. The molecule has 1 saturated heterocycles. The van der Waals surface area contributed by atoms with Crippen LogP contribution in [-0.4, -0.2) is 47.3 Å². The van der Waals surface area contributed by atoms with E-state index in [0.717, 1.165) is 44.6 Å². The third-order valence-electron chi connectivity index (χ3n) is 4.10. The molecule has 0 aromatic carbocycles. The lowest BCUT2D eigenvalue weighted by Gasteiger charge is -2.28. The summed E-state index contributed by atoms with van der Waals surface area (Å²) in [6.07, 6.45) is 3.01. The van der Waals surface area contributed by atoms with Crippen molar-refractivity contribution in [2.24, 2.45) is 13.0 Å². The second-order valence-corrected chi connectivity index (χ2v) is 5.64. The van der Waals surface area contributed by atoms with Gasteiger partial charge in [-0.25, -0.2) is 0 Å². The van der Waals surface area contributed by atoms with E-state index in [1.54, 1.807) is 11.7 Å². The highest BCUT2D eigenvalue weighted by molar-refractivity contribution is 5.97. The van der Waals surface area contributed by atoms with Crippen LogP contribution in [0.25, 0.3) is 0 Å². The Kier molecular flexibility index (Phi) is 4.65. The Balaban J connectivity index is 1.94. The van der Waals surface area contributed by atoms with Crippen LogP contribution in [0.5, 0.6) is 0 Å². The number of amides is 1. The molecule has 6 nitrogen and oxygen atoms in total. The highest BCUT2D eigenvalue weighted by Crippen LogP contribution is 2.18. The Hall–Kier alpha value is -1.56. The van der Waals surface area contributed by atoms with Crippen LogP contribution in [0.4, 0.5) is 5.69 Å². The molecule has 2 rings (SSSR count). The van der Waals surface area contributed by atoms with E-state index >= 15 is 0 Å². The van der Waals surface area contributed by atoms with Crippen molar-refractivity contribution in [2.75, 3.05) is 32.4 Å². The predicted molar refractivity (Wildman–Crippen MR) is 79.6 cm³/mol. The quantitative estimate of drug-likeness (QED) is 0.848. The van der Waals surface area contributed by atoms with Crippen molar-refractivity contribution in [3.05, 3.63) is 11.4 Å². The van der Waals surface area contributed by atoms with E-state index in [2.05, 4.69) is 22.4 Å². The maximum atomic E-state index is 12.3. The number of aromatic nitrogens is 2. The molecule has 0 radical (unpaired) electrons. The minimum Gasteiger partial charge on any atom is -0.395 e. The minimum absolute atomic E-state index is 0.115. The standard InChI is InChI=1S/C14H25N5O/c1-4-11-12(15)13(19(3)17-11)14(20)16-9-10-5-7-18(2)8-6-10/h10H,4-9,15H2,1-3H3,(H,16,20). The van der Waals surface area contributed by atoms with E-state index in [0.29, 0.717) is 17.3 Å². The van der Waals surface area contributed by atoms with E-state index in [1.807, 2.05) is 6.92 Å². The molecule has 0 bridgehead atoms. The Morgan fingerprint density at radius 3 is 2.60 bits per heavy atom. The lowest BCUT2D eigenvalue weighted by molar-refractivity contribution is 0.0930. The van der Waals surface area contributed by atoms with Crippen molar-refractivity contribution in [3.63, 3.8) is 0 Å². The topological polar surface area (TPSA) is 76.2 Å². The van der Waals surface area contributed by atoms with E-state index in [9.17, 15) is 4.79 Å². The summed E-state index contributed by atoms with van der Waals surface area (Å²) in [5.41, 5.74) is 7.77. The summed E-state index contributed by atoms with van der Waals surface area (Å²) in [5.74, 6) is 0.450. The molecule has 0 atom stereocenters. The van der Waals surface area contributed by atoms with E-state index in [1.165, 1.54) is 0 Å². The predicted octanol–water partition coefficient (Wildman–Crippen LogP) is 0.636. The average molecular weight is 279 g/mol. The fourth-order valence-corrected chi connectivity index (χ4v) is 2.71. The number of hydrogen-bond donors (Lipinski definition) is 2. The zero-order valence-corrected chi connectivity index (χ0v) is 12.6. The van der Waals surface area contributed by atoms with Gasteiger partial charge in [0.2, 0.25) is 0 Å². The van der Waals surface area contributed by atoms with Crippen molar-refractivity contribution in [3.8, 4) is 0 Å². The molecule has 1 aliphatic heterocycles. The van der Waals surface area contributed by atoms with Crippen LogP contribution in [0, 0.1) is 5.92 Å². The second-order valence-electron chi connectivity index (χ2n) is 5.64. The van der Waals surface area contributed by atoms with Crippen LogP contribution in [0.2, 0.25) is 0 Å². The van der Waals surface area contributed by atoms with Gasteiger partial charge in [0.25, 0.3) is 5.91 Å². The Morgan fingerprint density at radius 1 is 1.40 bits per heavy atom. The summed E-state index contributed by atoms with van der Waals surface area (Å²) in [5, 5.41) is 7.28. The lowest BCUT2D eigenvalue weighted by atomic mass is 9.97. The molecule has 3 N–H and O–H groups in total. The first kappa shape index (κ1) is 14.8. The third-order valence-corrected chi connectivity index (χ3v) is 4.10. The summed E-state index contributed by atoms with van der Waals surface area (Å²) < 4.78 is 1.58. The smallest absolute Gasteiger partial charge is 0.271 e.